The van der Waals surface area contributed by atoms with Gasteiger partial charge in [0.1, 0.15) is 17.4 Å². The second-order valence-electron chi connectivity index (χ2n) is 4.49. The average molecular weight is 347 g/mol. The summed E-state index contributed by atoms with van der Waals surface area (Å²) in [6.45, 7) is 0. The fourth-order valence-electron chi connectivity index (χ4n) is 1.81. The molecule has 0 aromatic heterocycles. The number of nitriles is 1. The van der Waals surface area contributed by atoms with Gasteiger partial charge in [-0.2, -0.15) is 5.26 Å². The van der Waals surface area contributed by atoms with E-state index in [1.165, 1.54) is 6.08 Å². The Bertz CT molecular complexity index is 773. The Morgan fingerprint density at radius 1 is 1.17 bits per heavy atom. The normalized spacial score (nSPS) is 10.8. The van der Waals surface area contributed by atoms with Crippen molar-refractivity contribution in [2.45, 2.75) is 0 Å². The van der Waals surface area contributed by atoms with Crippen molar-refractivity contribution in [3.63, 3.8) is 0 Å². The molecule has 0 saturated heterocycles. The zero-order valence-electron chi connectivity index (χ0n) is 12.1. The number of amides is 1. The Morgan fingerprint density at radius 3 is 2.30 bits per heavy atom. The van der Waals surface area contributed by atoms with Crippen molar-refractivity contribution in [2.75, 3.05) is 12.4 Å². The fourth-order valence-corrected chi connectivity index (χ4v) is 2.32. The van der Waals surface area contributed by atoms with Gasteiger partial charge in [0.25, 0.3) is 5.91 Å². The van der Waals surface area contributed by atoms with Gasteiger partial charge in [-0.1, -0.05) is 29.3 Å². The van der Waals surface area contributed by atoms with Crippen LogP contribution < -0.4 is 10.1 Å². The van der Waals surface area contributed by atoms with Crippen molar-refractivity contribution < 1.29 is 9.53 Å². The molecule has 0 aliphatic carbocycles. The monoisotopic (exact) mass is 346 g/mol. The number of methoxy groups -OCH3 is 1. The molecule has 0 saturated carbocycles. The van der Waals surface area contributed by atoms with Crippen LogP contribution in [0.5, 0.6) is 5.75 Å². The van der Waals surface area contributed by atoms with E-state index in [2.05, 4.69) is 5.32 Å². The highest BCUT2D eigenvalue weighted by Gasteiger charge is 2.12. The Kier molecular flexibility index (Phi) is 5.64. The maximum Gasteiger partial charge on any atom is 0.266 e. The fraction of sp³-hybridized carbons (Fsp3) is 0.0588. The van der Waals surface area contributed by atoms with Crippen molar-refractivity contribution in [3.8, 4) is 11.8 Å². The first-order valence-corrected chi connectivity index (χ1v) is 7.32. The van der Waals surface area contributed by atoms with Gasteiger partial charge in [-0.05, 0) is 42.5 Å². The third-order valence-corrected chi connectivity index (χ3v) is 3.66. The van der Waals surface area contributed by atoms with Crippen LogP contribution in [0.25, 0.3) is 6.08 Å². The number of carbonyl (C=O) groups excluding carboxylic acids is 1. The van der Waals surface area contributed by atoms with Gasteiger partial charge < -0.3 is 10.1 Å². The zero-order valence-corrected chi connectivity index (χ0v) is 13.7. The van der Waals surface area contributed by atoms with Crippen LogP contribution in [0.1, 0.15) is 5.56 Å². The number of hydrogen-bond acceptors (Lipinski definition) is 3. The Balaban J connectivity index is 2.24. The molecule has 2 rings (SSSR count). The van der Waals surface area contributed by atoms with Crippen molar-refractivity contribution >= 4 is 40.9 Å². The molecule has 0 atom stereocenters. The first-order chi connectivity index (χ1) is 11.0. The van der Waals surface area contributed by atoms with E-state index in [9.17, 15) is 10.1 Å². The quantitative estimate of drug-likeness (QED) is 0.652. The Labute approximate surface area is 143 Å². The number of anilines is 1. The van der Waals surface area contributed by atoms with Crippen LogP contribution in [-0.4, -0.2) is 13.0 Å². The number of nitrogens with zero attached hydrogens (tertiary/aromatic N) is 1. The van der Waals surface area contributed by atoms with Gasteiger partial charge >= 0.3 is 0 Å². The van der Waals surface area contributed by atoms with Gasteiger partial charge in [-0.3, -0.25) is 4.79 Å². The third-order valence-electron chi connectivity index (χ3n) is 3.00. The predicted molar refractivity (Wildman–Crippen MR) is 91.7 cm³/mol. The minimum Gasteiger partial charge on any atom is -0.497 e. The molecule has 116 valence electrons. The highest BCUT2D eigenvalue weighted by atomic mass is 35.5. The van der Waals surface area contributed by atoms with Crippen LogP contribution in [0.2, 0.25) is 10.0 Å². The molecule has 0 heterocycles. The molecule has 2 aromatic carbocycles. The summed E-state index contributed by atoms with van der Waals surface area (Å²) in [5, 5.41) is 12.6. The van der Waals surface area contributed by atoms with E-state index < -0.39 is 5.91 Å². The van der Waals surface area contributed by atoms with E-state index in [1.807, 2.05) is 6.07 Å². The van der Waals surface area contributed by atoms with Crippen LogP contribution in [0.15, 0.2) is 48.0 Å². The van der Waals surface area contributed by atoms with Gasteiger partial charge in [0.2, 0.25) is 0 Å². The smallest absolute Gasteiger partial charge is 0.266 e. The lowest BCUT2D eigenvalue weighted by atomic mass is 10.1. The standard InChI is InChI=1S/C17H12Cl2N2O2/c1-23-13-7-5-12(6-8-13)21-17(22)11(10-20)9-14-15(18)3-2-4-16(14)19/h2-9H,1H3,(H,21,22)/b11-9+. The number of halogens is 2. The van der Waals surface area contributed by atoms with Crippen molar-refractivity contribution in [3.05, 3.63) is 63.6 Å². The van der Waals surface area contributed by atoms with Gasteiger partial charge in [0.05, 0.1) is 7.11 Å². The van der Waals surface area contributed by atoms with Crippen LogP contribution in [0.4, 0.5) is 5.69 Å². The van der Waals surface area contributed by atoms with Gasteiger partial charge in [0.15, 0.2) is 0 Å². The summed E-state index contributed by atoms with van der Waals surface area (Å²) in [5.41, 5.74) is 0.871. The molecule has 0 aliphatic rings. The van der Waals surface area contributed by atoms with Crippen molar-refractivity contribution in [1.82, 2.24) is 0 Å². The lowest BCUT2D eigenvalue weighted by molar-refractivity contribution is -0.112. The van der Waals surface area contributed by atoms with Crippen molar-refractivity contribution in [1.29, 1.82) is 5.26 Å². The Hall–Kier alpha value is -2.48. The maximum atomic E-state index is 12.2. The van der Waals surface area contributed by atoms with Crippen LogP contribution >= 0.6 is 23.2 Å². The number of rotatable bonds is 4. The predicted octanol–water partition coefficient (Wildman–Crippen LogP) is 4.55. The van der Waals surface area contributed by atoms with E-state index >= 15 is 0 Å². The molecular formula is C17H12Cl2N2O2. The molecule has 0 fully saturated rings. The van der Waals surface area contributed by atoms with E-state index in [4.69, 9.17) is 27.9 Å². The van der Waals surface area contributed by atoms with Gasteiger partial charge in [0, 0.05) is 21.3 Å². The average Bonchev–Trinajstić information content (AvgIpc) is 2.55. The molecule has 1 amide bonds. The minimum absolute atomic E-state index is 0.101. The molecule has 23 heavy (non-hydrogen) atoms. The molecule has 2 aromatic rings. The number of ether oxygens (including phenoxy) is 1. The number of carbonyl (C=O) groups is 1. The highest BCUT2D eigenvalue weighted by Crippen LogP contribution is 2.27. The molecule has 4 nitrogen and oxygen atoms in total. The number of benzene rings is 2. The summed E-state index contributed by atoms with van der Waals surface area (Å²) in [6, 6.07) is 13.6. The SMILES string of the molecule is COc1ccc(NC(=O)/C(C#N)=C/c2c(Cl)cccc2Cl)cc1. The van der Waals surface area contributed by atoms with Gasteiger partial charge in [-0.15, -0.1) is 0 Å². The topological polar surface area (TPSA) is 62.1 Å². The minimum atomic E-state index is -0.548. The molecule has 0 aliphatic heterocycles. The summed E-state index contributed by atoms with van der Waals surface area (Å²) < 4.78 is 5.04. The van der Waals surface area contributed by atoms with Crippen LogP contribution in [-0.2, 0) is 4.79 Å². The number of nitrogens with one attached hydrogen (secondary N) is 1. The molecule has 6 heteroatoms. The summed E-state index contributed by atoms with van der Waals surface area (Å²) in [5.74, 6) is 0.121. The lowest BCUT2D eigenvalue weighted by Gasteiger charge is -2.06. The van der Waals surface area contributed by atoms with Crippen LogP contribution in [0.3, 0.4) is 0 Å². The maximum absolute atomic E-state index is 12.2. The molecule has 0 spiro atoms. The summed E-state index contributed by atoms with van der Waals surface area (Å²) in [6.07, 6.45) is 1.36. The first-order valence-electron chi connectivity index (χ1n) is 6.56. The second-order valence-corrected chi connectivity index (χ2v) is 5.30. The largest absolute Gasteiger partial charge is 0.497 e. The number of hydrogen-bond donors (Lipinski definition) is 1. The summed E-state index contributed by atoms with van der Waals surface area (Å²) in [4.78, 5) is 12.2. The van der Waals surface area contributed by atoms with Gasteiger partial charge in [-0.25, -0.2) is 0 Å². The summed E-state index contributed by atoms with van der Waals surface area (Å²) in [7, 11) is 1.55. The lowest BCUT2D eigenvalue weighted by Crippen LogP contribution is -2.13. The first kappa shape index (κ1) is 16.9. The molecule has 0 radical (unpaired) electrons. The van der Waals surface area contributed by atoms with Crippen molar-refractivity contribution in [2.24, 2.45) is 0 Å². The zero-order chi connectivity index (χ0) is 16.8. The van der Waals surface area contributed by atoms with E-state index in [0.717, 1.165) is 0 Å². The molecule has 1 N–H and O–H groups in total. The highest BCUT2D eigenvalue weighted by molar-refractivity contribution is 6.37. The molecule has 0 bridgehead atoms. The Morgan fingerprint density at radius 2 is 1.78 bits per heavy atom. The second kappa shape index (κ2) is 7.68. The van der Waals surface area contributed by atoms with E-state index in [-0.39, 0.29) is 5.57 Å². The summed E-state index contributed by atoms with van der Waals surface area (Å²) >= 11 is 12.1. The third kappa shape index (κ3) is 4.26. The van der Waals surface area contributed by atoms with E-state index in [0.29, 0.717) is 27.0 Å². The van der Waals surface area contributed by atoms with E-state index in [1.54, 1.807) is 49.6 Å². The molecule has 0 unspecified atom stereocenters. The molecular weight excluding hydrogens is 335 g/mol. The van der Waals surface area contributed by atoms with Crippen LogP contribution in [0, 0.1) is 11.3 Å².